The molecule has 0 saturated heterocycles. The van der Waals surface area contributed by atoms with E-state index < -0.39 is 0 Å². The van der Waals surface area contributed by atoms with Crippen LogP contribution in [0.3, 0.4) is 0 Å². The Labute approximate surface area is 64.0 Å². The molecule has 3 aliphatic carbocycles. The van der Waals surface area contributed by atoms with Crippen LogP contribution in [0.15, 0.2) is 0 Å². The molecule has 0 atom stereocenters. The van der Waals surface area contributed by atoms with E-state index in [9.17, 15) is 0 Å². The average molecular weight is 138 g/mol. The van der Waals surface area contributed by atoms with Gasteiger partial charge in [-0.15, -0.1) is 0 Å². The van der Waals surface area contributed by atoms with Gasteiger partial charge in [0.25, 0.3) is 0 Å². The predicted octanol–water partition coefficient (Wildman–Crippen LogP) is 3.22. The highest BCUT2D eigenvalue weighted by Crippen LogP contribution is 2.54. The molecule has 0 aromatic carbocycles. The zero-order valence-corrected chi connectivity index (χ0v) is 7.19. The van der Waals surface area contributed by atoms with Crippen molar-refractivity contribution in [2.45, 2.75) is 46.0 Å². The quantitative estimate of drug-likeness (QED) is 0.522. The number of hydrogen-bond donors (Lipinski definition) is 0. The Hall–Kier alpha value is 0. The second kappa shape index (κ2) is 1.99. The Balaban J connectivity index is 2.01. The Morgan fingerprint density at radius 3 is 2.00 bits per heavy atom. The van der Waals surface area contributed by atoms with E-state index in [1.807, 2.05) is 0 Å². The van der Waals surface area contributed by atoms with Gasteiger partial charge in [-0.2, -0.15) is 0 Å². The molecule has 3 fully saturated rings. The monoisotopic (exact) mass is 138 g/mol. The highest BCUT2D eigenvalue weighted by atomic mass is 14.5. The largest absolute Gasteiger partial charge is 0.0649 e. The van der Waals surface area contributed by atoms with Crippen LogP contribution in [-0.2, 0) is 0 Å². The van der Waals surface area contributed by atoms with Gasteiger partial charge < -0.3 is 0 Å². The molecule has 3 rings (SSSR count). The molecule has 0 radical (unpaired) electrons. The summed E-state index contributed by atoms with van der Waals surface area (Å²) in [4.78, 5) is 0. The van der Waals surface area contributed by atoms with E-state index >= 15 is 0 Å². The molecule has 0 heteroatoms. The lowest BCUT2D eigenvalue weighted by atomic mass is 9.55. The van der Waals surface area contributed by atoms with Gasteiger partial charge in [0, 0.05) is 0 Å². The number of fused-ring (bicyclic) bond motifs is 2. The fourth-order valence-corrected chi connectivity index (χ4v) is 2.97. The summed E-state index contributed by atoms with van der Waals surface area (Å²) >= 11 is 0. The van der Waals surface area contributed by atoms with Crippen molar-refractivity contribution in [3.05, 3.63) is 0 Å². The molecule has 0 unspecified atom stereocenters. The van der Waals surface area contributed by atoms with Gasteiger partial charge >= 0.3 is 0 Å². The SMILES string of the molecule is CCC1(C)CC2CC(C2)C1. The maximum Gasteiger partial charge on any atom is -0.0323 e. The molecule has 3 saturated carbocycles. The molecular weight excluding hydrogens is 120 g/mol. The van der Waals surface area contributed by atoms with Crippen molar-refractivity contribution in [3.8, 4) is 0 Å². The van der Waals surface area contributed by atoms with E-state index in [0.717, 1.165) is 17.3 Å². The molecule has 0 aromatic heterocycles. The Morgan fingerprint density at radius 1 is 1.20 bits per heavy atom. The lowest BCUT2D eigenvalue weighted by Crippen LogP contribution is -2.39. The summed E-state index contributed by atoms with van der Waals surface area (Å²) in [5.41, 5.74) is 0.742. The first-order valence-electron chi connectivity index (χ1n) is 4.72. The van der Waals surface area contributed by atoms with Crippen LogP contribution in [0.25, 0.3) is 0 Å². The second-order valence-corrected chi connectivity index (χ2v) is 4.78. The van der Waals surface area contributed by atoms with Crippen molar-refractivity contribution < 1.29 is 0 Å². The highest BCUT2D eigenvalue weighted by Gasteiger charge is 2.43. The maximum atomic E-state index is 2.48. The van der Waals surface area contributed by atoms with Crippen molar-refractivity contribution in [2.75, 3.05) is 0 Å². The average Bonchev–Trinajstić information content (AvgIpc) is 1.86. The van der Waals surface area contributed by atoms with Crippen molar-refractivity contribution in [2.24, 2.45) is 17.3 Å². The lowest BCUT2D eigenvalue weighted by molar-refractivity contribution is 0.00635. The normalized spacial score (nSPS) is 52.2. The Bertz CT molecular complexity index is 121. The third kappa shape index (κ3) is 0.889. The summed E-state index contributed by atoms with van der Waals surface area (Å²) < 4.78 is 0. The van der Waals surface area contributed by atoms with E-state index in [1.54, 1.807) is 12.8 Å². The van der Waals surface area contributed by atoms with Crippen LogP contribution in [-0.4, -0.2) is 0 Å². The third-order valence-electron chi connectivity index (χ3n) is 3.75. The minimum Gasteiger partial charge on any atom is -0.0649 e. The van der Waals surface area contributed by atoms with Crippen molar-refractivity contribution >= 4 is 0 Å². The van der Waals surface area contributed by atoms with E-state index in [4.69, 9.17) is 0 Å². The van der Waals surface area contributed by atoms with Gasteiger partial charge in [-0.1, -0.05) is 20.3 Å². The molecule has 0 spiro atoms. The summed E-state index contributed by atoms with van der Waals surface area (Å²) in [5.74, 6) is 2.26. The lowest BCUT2D eigenvalue weighted by Gasteiger charge is -2.50. The molecular formula is C10H18. The van der Waals surface area contributed by atoms with Crippen LogP contribution in [0.5, 0.6) is 0 Å². The molecule has 0 aromatic rings. The summed E-state index contributed by atoms with van der Waals surface area (Å²) in [6.45, 7) is 4.83. The maximum absolute atomic E-state index is 2.48. The van der Waals surface area contributed by atoms with E-state index in [-0.39, 0.29) is 0 Å². The van der Waals surface area contributed by atoms with Gasteiger partial charge in [-0.05, 0) is 42.9 Å². The Kier molecular flexibility index (Phi) is 1.33. The zero-order chi connectivity index (χ0) is 7.19. The van der Waals surface area contributed by atoms with Crippen molar-refractivity contribution in [1.82, 2.24) is 0 Å². The summed E-state index contributed by atoms with van der Waals surface area (Å²) in [5, 5.41) is 0. The van der Waals surface area contributed by atoms with Crippen LogP contribution in [0.1, 0.15) is 46.0 Å². The fraction of sp³-hybridized carbons (Fsp3) is 1.00. The van der Waals surface area contributed by atoms with Gasteiger partial charge in [0.05, 0.1) is 0 Å². The molecule has 0 heterocycles. The summed E-state index contributed by atoms with van der Waals surface area (Å²) in [7, 11) is 0. The minimum atomic E-state index is 0.742. The smallest absolute Gasteiger partial charge is 0.0323 e. The number of hydrogen-bond acceptors (Lipinski definition) is 0. The number of rotatable bonds is 1. The summed E-state index contributed by atoms with van der Waals surface area (Å²) in [6.07, 6.45) is 7.59. The third-order valence-corrected chi connectivity index (χ3v) is 3.75. The van der Waals surface area contributed by atoms with Crippen LogP contribution in [0.2, 0.25) is 0 Å². The van der Waals surface area contributed by atoms with E-state index in [0.29, 0.717) is 0 Å². The first-order chi connectivity index (χ1) is 4.72. The van der Waals surface area contributed by atoms with Gasteiger partial charge in [0.1, 0.15) is 0 Å². The van der Waals surface area contributed by atoms with Gasteiger partial charge in [-0.25, -0.2) is 0 Å². The first kappa shape index (κ1) is 6.69. The fourth-order valence-electron chi connectivity index (χ4n) is 2.97. The standard InChI is InChI=1S/C10H18/c1-3-10(2)6-8-4-9(5-8)7-10/h8-9H,3-7H2,1-2H3. The molecule has 0 amide bonds. The highest BCUT2D eigenvalue weighted by molar-refractivity contribution is 4.94. The Morgan fingerprint density at radius 2 is 1.70 bits per heavy atom. The van der Waals surface area contributed by atoms with Gasteiger partial charge in [0.2, 0.25) is 0 Å². The molecule has 0 N–H and O–H groups in total. The first-order valence-corrected chi connectivity index (χ1v) is 4.72. The summed E-state index contributed by atoms with van der Waals surface area (Å²) in [6, 6.07) is 0. The molecule has 2 bridgehead atoms. The van der Waals surface area contributed by atoms with Gasteiger partial charge in [0.15, 0.2) is 0 Å². The molecule has 3 aliphatic rings. The van der Waals surface area contributed by atoms with E-state index in [1.165, 1.54) is 19.3 Å². The van der Waals surface area contributed by atoms with Crippen LogP contribution in [0.4, 0.5) is 0 Å². The molecule has 0 aliphatic heterocycles. The van der Waals surface area contributed by atoms with Crippen molar-refractivity contribution in [3.63, 3.8) is 0 Å². The molecule has 10 heavy (non-hydrogen) atoms. The van der Waals surface area contributed by atoms with Crippen LogP contribution in [0, 0.1) is 17.3 Å². The van der Waals surface area contributed by atoms with Gasteiger partial charge in [-0.3, -0.25) is 0 Å². The van der Waals surface area contributed by atoms with E-state index in [2.05, 4.69) is 13.8 Å². The topological polar surface area (TPSA) is 0 Å². The molecule has 0 nitrogen and oxygen atoms in total. The second-order valence-electron chi connectivity index (χ2n) is 4.78. The zero-order valence-electron chi connectivity index (χ0n) is 7.19. The minimum absolute atomic E-state index is 0.742. The van der Waals surface area contributed by atoms with Crippen LogP contribution >= 0.6 is 0 Å². The molecule has 58 valence electrons. The van der Waals surface area contributed by atoms with Crippen molar-refractivity contribution in [1.29, 1.82) is 0 Å². The van der Waals surface area contributed by atoms with Crippen LogP contribution < -0.4 is 0 Å². The predicted molar refractivity (Wildman–Crippen MR) is 43.8 cm³/mol.